The van der Waals surface area contributed by atoms with Gasteiger partial charge >= 0.3 is 6.09 Å². The van der Waals surface area contributed by atoms with Crippen LogP contribution < -0.4 is 10.1 Å². The number of likely N-dealkylation sites (N-methyl/N-ethyl adjacent to an activating group) is 1. The number of amides is 2. The second kappa shape index (κ2) is 4.86. The first-order valence-corrected chi connectivity index (χ1v) is 5.42. The van der Waals surface area contributed by atoms with E-state index in [1.165, 1.54) is 0 Å². The molecule has 1 atom stereocenters. The van der Waals surface area contributed by atoms with Crippen molar-refractivity contribution in [2.45, 2.75) is 12.5 Å². The van der Waals surface area contributed by atoms with Crippen LogP contribution in [0.5, 0.6) is 5.75 Å². The van der Waals surface area contributed by atoms with Crippen LogP contribution in [-0.4, -0.2) is 36.5 Å². The minimum Gasteiger partial charge on any atom is -0.410 e. The largest absolute Gasteiger partial charge is 0.412 e. The molecule has 17 heavy (non-hydrogen) atoms. The first-order valence-electron chi connectivity index (χ1n) is 5.42. The number of nitrogens with one attached hydrogen (secondary N) is 1. The molecule has 1 aliphatic rings. The summed E-state index contributed by atoms with van der Waals surface area (Å²) in [6.45, 7) is 0.530. The zero-order chi connectivity index (χ0) is 12.3. The van der Waals surface area contributed by atoms with Crippen molar-refractivity contribution in [1.82, 2.24) is 10.2 Å². The van der Waals surface area contributed by atoms with Crippen LogP contribution in [-0.2, 0) is 4.79 Å². The van der Waals surface area contributed by atoms with Gasteiger partial charge in [0.05, 0.1) is 6.04 Å². The highest BCUT2D eigenvalue weighted by Gasteiger charge is 2.28. The molecule has 1 N–H and O–H groups in total. The Bertz CT molecular complexity index is 419. The van der Waals surface area contributed by atoms with E-state index in [9.17, 15) is 9.59 Å². The minimum absolute atomic E-state index is 0.0370. The van der Waals surface area contributed by atoms with Crippen LogP contribution in [0.2, 0.25) is 0 Å². The summed E-state index contributed by atoms with van der Waals surface area (Å²) >= 11 is 0. The maximum Gasteiger partial charge on any atom is 0.412 e. The molecule has 0 aromatic heterocycles. The van der Waals surface area contributed by atoms with Gasteiger partial charge in [0.1, 0.15) is 5.75 Å². The van der Waals surface area contributed by atoms with E-state index < -0.39 is 6.09 Å². The van der Waals surface area contributed by atoms with Crippen LogP contribution in [0.25, 0.3) is 0 Å². The Kier molecular flexibility index (Phi) is 3.27. The van der Waals surface area contributed by atoms with E-state index >= 15 is 0 Å². The summed E-state index contributed by atoms with van der Waals surface area (Å²) in [6, 6.07) is 8.65. The smallest absolute Gasteiger partial charge is 0.410 e. The molecule has 1 aromatic rings. The number of carbonyl (C=O) groups excluding carboxylic acids is 2. The number of para-hydroxylation sites is 1. The van der Waals surface area contributed by atoms with Crippen LogP contribution in [0.15, 0.2) is 30.3 Å². The number of nitrogens with zero attached hydrogens (tertiary/aromatic N) is 1. The third-order valence-electron chi connectivity index (χ3n) is 2.62. The molecule has 1 aliphatic heterocycles. The molecule has 1 saturated heterocycles. The molecule has 90 valence electrons. The minimum atomic E-state index is -0.524. The lowest BCUT2D eigenvalue weighted by Crippen LogP contribution is -2.38. The number of hydrogen-bond acceptors (Lipinski definition) is 3. The molecule has 1 heterocycles. The highest BCUT2D eigenvalue weighted by Crippen LogP contribution is 2.11. The molecular weight excluding hydrogens is 220 g/mol. The highest BCUT2D eigenvalue weighted by atomic mass is 16.6. The molecule has 0 radical (unpaired) electrons. The quantitative estimate of drug-likeness (QED) is 0.830. The second-order valence-corrected chi connectivity index (χ2v) is 4.02. The van der Waals surface area contributed by atoms with Gasteiger partial charge in [0.2, 0.25) is 5.91 Å². The van der Waals surface area contributed by atoms with E-state index in [2.05, 4.69) is 5.32 Å². The Labute approximate surface area is 99.4 Å². The molecule has 0 aliphatic carbocycles. The van der Waals surface area contributed by atoms with Gasteiger partial charge in [-0.25, -0.2) is 4.79 Å². The Balaban J connectivity index is 1.84. The first-order chi connectivity index (χ1) is 8.15. The highest BCUT2D eigenvalue weighted by molar-refractivity contribution is 5.80. The number of ether oxygens (including phenoxy) is 1. The number of likely N-dealkylation sites (tertiary alicyclic amines) is 1. The third-order valence-corrected chi connectivity index (χ3v) is 2.62. The molecule has 1 unspecified atom stereocenters. The monoisotopic (exact) mass is 234 g/mol. The van der Waals surface area contributed by atoms with Crippen molar-refractivity contribution in [2.75, 3.05) is 13.6 Å². The summed E-state index contributed by atoms with van der Waals surface area (Å²) in [4.78, 5) is 24.4. The Morgan fingerprint density at radius 3 is 2.71 bits per heavy atom. The zero-order valence-electron chi connectivity index (χ0n) is 9.55. The van der Waals surface area contributed by atoms with Crippen LogP contribution in [0.3, 0.4) is 0 Å². The van der Waals surface area contributed by atoms with Crippen molar-refractivity contribution in [3.05, 3.63) is 30.3 Å². The maximum absolute atomic E-state index is 11.5. The Hall–Kier alpha value is -2.04. The van der Waals surface area contributed by atoms with E-state index in [1.54, 1.807) is 36.2 Å². The van der Waals surface area contributed by atoms with Crippen molar-refractivity contribution >= 4 is 12.0 Å². The van der Waals surface area contributed by atoms with E-state index in [1.807, 2.05) is 6.07 Å². The lowest BCUT2D eigenvalue weighted by atomic mass is 10.3. The van der Waals surface area contributed by atoms with Crippen molar-refractivity contribution in [2.24, 2.45) is 0 Å². The van der Waals surface area contributed by atoms with Crippen LogP contribution >= 0.6 is 0 Å². The predicted molar refractivity (Wildman–Crippen MR) is 61.6 cm³/mol. The van der Waals surface area contributed by atoms with Crippen molar-refractivity contribution in [1.29, 1.82) is 0 Å². The van der Waals surface area contributed by atoms with Gasteiger partial charge in [-0.15, -0.1) is 0 Å². The molecule has 2 rings (SSSR count). The SMILES string of the molecule is CN1CC(NC(=O)Oc2ccccc2)CC1=O. The summed E-state index contributed by atoms with van der Waals surface area (Å²) < 4.78 is 5.07. The normalized spacial score (nSPS) is 19.2. The fourth-order valence-electron chi connectivity index (χ4n) is 1.75. The summed E-state index contributed by atoms with van der Waals surface area (Å²) in [5.74, 6) is 0.526. The van der Waals surface area contributed by atoms with Gasteiger partial charge in [-0.1, -0.05) is 18.2 Å². The molecular formula is C12H14N2O3. The molecule has 0 saturated carbocycles. The average Bonchev–Trinajstić information content (AvgIpc) is 2.59. The molecule has 0 spiro atoms. The number of carbonyl (C=O) groups is 2. The fourth-order valence-corrected chi connectivity index (χ4v) is 1.75. The molecule has 1 fully saturated rings. The topological polar surface area (TPSA) is 58.6 Å². The van der Waals surface area contributed by atoms with Gasteiger partial charge < -0.3 is 15.0 Å². The third kappa shape index (κ3) is 2.96. The number of rotatable bonds is 2. The fraction of sp³-hybridized carbons (Fsp3) is 0.333. The lowest BCUT2D eigenvalue weighted by molar-refractivity contribution is -0.126. The second-order valence-electron chi connectivity index (χ2n) is 4.02. The van der Waals surface area contributed by atoms with Crippen molar-refractivity contribution < 1.29 is 14.3 Å². The maximum atomic E-state index is 11.5. The van der Waals surface area contributed by atoms with Gasteiger partial charge in [-0.3, -0.25) is 4.79 Å². The van der Waals surface area contributed by atoms with Gasteiger partial charge in [-0.05, 0) is 12.1 Å². The van der Waals surface area contributed by atoms with Crippen LogP contribution in [0.4, 0.5) is 4.79 Å². The van der Waals surface area contributed by atoms with Gasteiger partial charge in [0.15, 0.2) is 0 Å². The van der Waals surface area contributed by atoms with Gasteiger partial charge in [-0.2, -0.15) is 0 Å². The van der Waals surface area contributed by atoms with E-state index in [0.29, 0.717) is 18.7 Å². The average molecular weight is 234 g/mol. The molecule has 0 bridgehead atoms. The van der Waals surface area contributed by atoms with Crippen LogP contribution in [0, 0.1) is 0 Å². The zero-order valence-corrected chi connectivity index (χ0v) is 9.55. The standard InChI is InChI=1S/C12H14N2O3/c1-14-8-9(7-11(14)15)13-12(16)17-10-5-3-2-4-6-10/h2-6,9H,7-8H2,1H3,(H,13,16). The number of benzene rings is 1. The Morgan fingerprint density at radius 1 is 1.41 bits per heavy atom. The molecule has 2 amide bonds. The lowest BCUT2D eigenvalue weighted by Gasteiger charge is -2.12. The predicted octanol–water partition coefficient (Wildman–Crippen LogP) is 1.01. The van der Waals surface area contributed by atoms with E-state index in [-0.39, 0.29) is 11.9 Å². The molecule has 5 heteroatoms. The number of hydrogen-bond donors (Lipinski definition) is 1. The van der Waals surface area contributed by atoms with Gasteiger partial charge in [0.25, 0.3) is 0 Å². The van der Waals surface area contributed by atoms with Crippen LogP contribution in [0.1, 0.15) is 6.42 Å². The summed E-state index contributed by atoms with van der Waals surface area (Å²) in [6.07, 6.45) is -0.190. The van der Waals surface area contributed by atoms with Gasteiger partial charge in [0, 0.05) is 20.0 Å². The molecule has 5 nitrogen and oxygen atoms in total. The summed E-state index contributed by atoms with van der Waals surface area (Å²) in [5.41, 5.74) is 0. The van der Waals surface area contributed by atoms with Crippen molar-refractivity contribution in [3.63, 3.8) is 0 Å². The van der Waals surface area contributed by atoms with E-state index in [0.717, 1.165) is 0 Å². The van der Waals surface area contributed by atoms with E-state index in [4.69, 9.17) is 4.74 Å². The first kappa shape index (κ1) is 11.4. The van der Waals surface area contributed by atoms with Crippen molar-refractivity contribution in [3.8, 4) is 5.75 Å². The molecule has 1 aromatic carbocycles. The summed E-state index contributed by atoms with van der Waals surface area (Å²) in [7, 11) is 1.71. The summed E-state index contributed by atoms with van der Waals surface area (Å²) in [5, 5.41) is 2.66. The Morgan fingerprint density at radius 2 is 2.12 bits per heavy atom.